The van der Waals surface area contributed by atoms with Crippen LogP contribution in [0.15, 0.2) is 36.5 Å². The molecule has 2 heterocycles. The number of ether oxygens (including phenoxy) is 1. The van der Waals surface area contributed by atoms with Crippen molar-refractivity contribution in [3.05, 3.63) is 47.8 Å². The number of benzene rings is 1. The van der Waals surface area contributed by atoms with E-state index in [9.17, 15) is 14.7 Å². The summed E-state index contributed by atoms with van der Waals surface area (Å²) >= 11 is 0. The number of aryl methyl sites for hydroxylation is 1. The van der Waals surface area contributed by atoms with Crippen molar-refractivity contribution in [1.82, 2.24) is 15.1 Å². The Labute approximate surface area is 139 Å². The molecule has 1 aromatic carbocycles. The second-order valence-electron chi connectivity index (χ2n) is 5.86. The molecular formula is C17H19N3O4. The van der Waals surface area contributed by atoms with Crippen molar-refractivity contribution in [3.8, 4) is 5.69 Å². The Morgan fingerprint density at radius 2 is 1.92 bits per heavy atom. The lowest BCUT2D eigenvalue weighted by molar-refractivity contribution is -0.148. The van der Waals surface area contributed by atoms with Gasteiger partial charge in [0.1, 0.15) is 5.54 Å². The third kappa shape index (κ3) is 3.03. The van der Waals surface area contributed by atoms with E-state index >= 15 is 0 Å². The lowest BCUT2D eigenvalue weighted by atomic mass is 9.89. The van der Waals surface area contributed by atoms with Gasteiger partial charge < -0.3 is 15.2 Å². The predicted octanol–water partition coefficient (Wildman–Crippen LogP) is 1.54. The van der Waals surface area contributed by atoms with Crippen molar-refractivity contribution < 1.29 is 19.4 Å². The van der Waals surface area contributed by atoms with Gasteiger partial charge in [-0.3, -0.25) is 4.79 Å². The van der Waals surface area contributed by atoms with Crippen LogP contribution in [0.4, 0.5) is 0 Å². The van der Waals surface area contributed by atoms with Gasteiger partial charge in [0.25, 0.3) is 5.91 Å². The molecule has 7 heteroatoms. The van der Waals surface area contributed by atoms with Crippen molar-refractivity contribution in [3.63, 3.8) is 0 Å². The van der Waals surface area contributed by atoms with Crippen LogP contribution in [0, 0.1) is 6.92 Å². The fourth-order valence-corrected chi connectivity index (χ4v) is 2.79. The molecule has 3 rings (SSSR count). The van der Waals surface area contributed by atoms with Gasteiger partial charge in [-0.15, -0.1) is 0 Å². The summed E-state index contributed by atoms with van der Waals surface area (Å²) in [5.41, 5.74) is 0.463. The first-order chi connectivity index (χ1) is 11.5. The Hall–Kier alpha value is -2.67. The maximum absolute atomic E-state index is 12.6. The number of para-hydroxylation sites is 1. The van der Waals surface area contributed by atoms with E-state index in [1.54, 1.807) is 17.8 Å². The van der Waals surface area contributed by atoms with E-state index in [4.69, 9.17) is 4.74 Å². The number of rotatable bonds is 4. The number of aromatic nitrogens is 2. The number of carbonyl (C=O) groups is 2. The Morgan fingerprint density at radius 3 is 2.54 bits per heavy atom. The Kier molecular flexibility index (Phi) is 4.35. The summed E-state index contributed by atoms with van der Waals surface area (Å²) < 4.78 is 6.83. The molecule has 0 atom stereocenters. The number of carbonyl (C=O) groups excluding carboxylic acids is 1. The number of amides is 1. The first kappa shape index (κ1) is 16.2. The fraction of sp³-hybridized carbons (Fsp3) is 0.353. The number of hydrogen-bond acceptors (Lipinski definition) is 4. The second-order valence-corrected chi connectivity index (χ2v) is 5.86. The smallest absolute Gasteiger partial charge is 0.329 e. The van der Waals surface area contributed by atoms with Gasteiger partial charge in [-0.2, -0.15) is 5.10 Å². The minimum Gasteiger partial charge on any atom is -0.480 e. The van der Waals surface area contributed by atoms with Crippen LogP contribution < -0.4 is 5.32 Å². The fourth-order valence-electron chi connectivity index (χ4n) is 2.79. The number of hydrogen-bond donors (Lipinski definition) is 2. The summed E-state index contributed by atoms with van der Waals surface area (Å²) in [7, 11) is 0. The van der Waals surface area contributed by atoms with Crippen molar-refractivity contribution in [1.29, 1.82) is 0 Å². The Morgan fingerprint density at radius 1 is 1.25 bits per heavy atom. The zero-order valence-corrected chi connectivity index (χ0v) is 13.4. The summed E-state index contributed by atoms with van der Waals surface area (Å²) in [4.78, 5) is 24.3. The molecule has 1 aliphatic rings. The normalized spacial score (nSPS) is 16.5. The first-order valence-electron chi connectivity index (χ1n) is 7.77. The van der Waals surface area contributed by atoms with Crippen LogP contribution in [-0.2, 0) is 9.53 Å². The van der Waals surface area contributed by atoms with Crippen LogP contribution >= 0.6 is 0 Å². The molecule has 2 N–H and O–H groups in total. The summed E-state index contributed by atoms with van der Waals surface area (Å²) in [6.45, 7) is 2.36. The molecule has 126 valence electrons. The van der Waals surface area contributed by atoms with Crippen LogP contribution in [-0.4, -0.2) is 45.5 Å². The molecule has 1 amide bonds. The van der Waals surface area contributed by atoms with Gasteiger partial charge in [0.05, 0.1) is 16.9 Å². The maximum Gasteiger partial charge on any atom is 0.329 e. The highest BCUT2D eigenvalue weighted by Crippen LogP contribution is 2.22. The van der Waals surface area contributed by atoms with E-state index in [2.05, 4.69) is 10.4 Å². The monoisotopic (exact) mass is 329 g/mol. The topological polar surface area (TPSA) is 93.5 Å². The van der Waals surface area contributed by atoms with Crippen LogP contribution in [0.3, 0.4) is 0 Å². The molecule has 0 radical (unpaired) electrons. The van der Waals surface area contributed by atoms with E-state index in [1.165, 1.54) is 0 Å². The number of nitrogens with one attached hydrogen (secondary N) is 1. The highest BCUT2D eigenvalue weighted by molar-refractivity contribution is 5.98. The van der Waals surface area contributed by atoms with Gasteiger partial charge in [0.2, 0.25) is 0 Å². The summed E-state index contributed by atoms with van der Waals surface area (Å²) in [6.07, 6.45) is 2.12. The van der Waals surface area contributed by atoms with Crippen LogP contribution in [0.2, 0.25) is 0 Å². The summed E-state index contributed by atoms with van der Waals surface area (Å²) in [5, 5.41) is 16.6. The molecule has 2 aromatic rings. The second kappa shape index (κ2) is 6.45. The molecule has 1 aromatic heterocycles. The van der Waals surface area contributed by atoms with Gasteiger partial charge in [-0.05, 0) is 19.1 Å². The summed E-state index contributed by atoms with van der Waals surface area (Å²) in [5.74, 6) is -1.47. The molecule has 1 saturated heterocycles. The maximum atomic E-state index is 12.6. The molecule has 0 unspecified atom stereocenters. The highest BCUT2D eigenvalue weighted by atomic mass is 16.5. The third-order valence-corrected chi connectivity index (χ3v) is 4.27. The van der Waals surface area contributed by atoms with E-state index in [0.29, 0.717) is 24.5 Å². The molecule has 24 heavy (non-hydrogen) atoms. The molecular weight excluding hydrogens is 310 g/mol. The van der Waals surface area contributed by atoms with Crippen molar-refractivity contribution in [2.24, 2.45) is 0 Å². The standard InChI is InChI=1S/C17H19N3O4/c1-12-14(11-20(19-12)13-5-3-2-4-6-13)15(21)18-17(16(22)23)7-9-24-10-8-17/h2-6,11H,7-10H2,1H3,(H,18,21)(H,22,23). The highest BCUT2D eigenvalue weighted by Gasteiger charge is 2.42. The lowest BCUT2D eigenvalue weighted by Crippen LogP contribution is -2.57. The predicted molar refractivity (Wildman–Crippen MR) is 86.2 cm³/mol. The molecule has 1 fully saturated rings. The molecule has 0 aliphatic carbocycles. The first-order valence-corrected chi connectivity index (χ1v) is 7.77. The van der Waals surface area contributed by atoms with E-state index in [-0.39, 0.29) is 12.8 Å². The largest absolute Gasteiger partial charge is 0.480 e. The Balaban J connectivity index is 1.85. The SMILES string of the molecule is Cc1nn(-c2ccccc2)cc1C(=O)NC1(C(=O)O)CCOCC1. The van der Waals surface area contributed by atoms with E-state index in [1.807, 2.05) is 30.3 Å². The molecule has 1 aliphatic heterocycles. The number of carboxylic acid groups (broad SMARTS) is 1. The zero-order chi connectivity index (χ0) is 17.2. The minimum absolute atomic E-state index is 0.250. The molecule has 0 spiro atoms. The van der Waals surface area contributed by atoms with Gasteiger partial charge in [0, 0.05) is 32.3 Å². The minimum atomic E-state index is -1.28. The number of aliphatic carboxylic acids is 1. The average molecular weight is 329 g/mol. The van der Waals surface area contributed by atoms with Crippen LogP contribution in [0.1, 0.15) is 28.9 Å². The van der Waals surface area contributed by atoms with E-state index in [0.717, 1.165) is 5.69 Å². The van der Waals surface area contributed by atoms with Crippen molar-refractivity contribution in [2.45, 2.75) is 25.3 Å². The van der Waals surface area contributed by atoms with Crippen LogP contribution in [0.5, 0.6) is 0 Å². The molecule has 7 nitrogen and oxygen atoms in total. The van der Waals surface area contributed by atoms with Gasteiger partial charge in [0.15, 0.2) is 0 Å². The lowest BCUT2D eigenvalue weighted by Gasteiger charge is -2.33. The third-order valence-electron chi connectivity index (χ3n) is 4.27. The van der Waals surface area contributed by atoms with Gasteiger partial charge in [-0.25, -0.2) is 9.48 Å². The van der Waals surface area contributed by atoms with Gasteiger partial charge >= 0.3 is 5.97 Å². The molecule has 0 bridgehead atoms. The average Bonchev–Trinajstić information content (AvgIpc) is 2.98. The van der Waals surface area contributed by atoms with Gasteiger partial charge in [-0.1, -0.05) is 18.2 Å². The molecule has 0 saturated carbocycles. The van der Waals surface area contributed by atoms with Crippen molar-refractivity contribution in [2.75, 3.05) is 13.2 Å². The van der Waals surface area contributed by atoms with Crippen molar-refractivity contribution >= 4 is 11.9 Å². The Bertz CT molecular complexity index is 748. The van der Waals surface area contributed by atoms with E-state index < -0.39 is 17.4 Å². The number of carboxylic acids is 1. The quantitative estimate of drug-likeness (QED) is 0.887. The number of nitrogens with zero attached hydrogens (tertiary/aromatic N) is 2. The van der Waals surface area contributed by atoms with Crippen LogP contribution in [0.25, 0.3) is 5.69 Å². The summed E-state index contributed by atoms with van der Waals surface area (Å²) in [6, 6.07) is 9.42. The zero-order valence-electron chi connectivity index (χ0n) is 13.4.